The summed E-state index contributed by atoms with van der Waals surface area (Å²) in [4.78, 5) is 17.9. The minimum atomic E-state index is -4.39. The van der Waals surface area contributed by atoms with E-state index in [1.54, 1.807) is 17.0 Å². The minimum absolute atomic E-state index is 0.0304. The van der Waals surface area contributed by atoms with Gasteiger partial charge in [0.1, 0.15) is 5.82 Å². The third-order valence-electron chi connectivity index (χ3n) is 4.06. The van der Waals surface area contributed by atoms with Gasteiger partial charge in [0, 0.05) is 31.4 Å². The average molecular weight is 365 g/mol. The molecule has 1 amide bonds. The molecule has 0 saturated carbocycles. The number of alkyl halides is 3. The van der Waals surface area contributed by atoms with Gasteiger partial charge < -0.3 is 15.0 Å². The van der Waals surface area contributed by atoms with Crippen molar-refractivity contribution >= 4 is 11.7 Å². The van der Waals surface area contributed by atoms with Crippen LogP contribution in [0.15, 0.2) is 42.6 Å². The largest absolute Gasteiger partial charge is 0.417 e. The van der Waals surface area contributed by atoms with E-state index in [1.807, 2.05) is 12.1 Å². The van der Waals surface area contributed by atoms with Crippen LogP contribution in [0.2, 0.25) is 0 Å². The Morgan fingerprint density at radius 3 is 2.38 bits per heavy atom. The van der Waals surface area contributed by atoms with Crippen molar-refractivity contribution in [1.29, 1.82) is 0 Å². The Morgan fingerprint density at radius 2 is 1.81 bits per heavy atom. The summed E-state index contributed by atoms with van der Waals surface area (Å²) in [5.74, 6) is 0.323. The zero-order valence-corrected chi connectivity index (χ0v) is 13.9. The predicted molar refractivity (Wildman–Crippen MR) is 89.7 cm³/mol. The van der Waals surface area contributed by atoms with Crippen LogP contribution in [0, 0.1) is 0 Å². The number of halogens is 3. The summed E-state index contributed by atoms with van der Waals surface area (Å²) in [6.07, 6.45) is -3.60. The molecule has 0 bridgehead atoms. The van der Waals surface area contributed by atoms with Crippen molar-refractivity contribution in [3.05, 3.63) is 59.3 Å². The van der Waals surface area contributed by atoms with Gasteiger partial charge in [0.2, 0.25) is 0 Å². The number of carbonyl (C=O) groups is 1. The summed E-state index contributed by atoms with van der Waals surface area (Å²) in [5.41, 5.74) is 0.711. The maximum atomic E-state index is 12.5. The lowest BCUT2D eigenvalue weighted by Crippen LogP contribution is -2.40. The summed E-state index contributed by atoms with van der Waals surface area (Å²) in [7, 11) is 0. The first kappa shape index (κ1) is 18.2. The first-order chi connectivity index (χ1) is 12.4. The lowest BCUT2D eigenvalue weighted by Gasteiger charge is -2.26. The summed E-state index contributed by atoms with van der Waals surface area (Å²) in [6, 6.07) is 9.39. The monoisotopic (exact) mass is 365 g/mol. The van der Waals surface area contributed by atoms with E-state index in [-0.39, 0.29) is 5.91 Å². The Labute approximate surface area is 148 Å². The average Bonchev–Trinajstić information content (AvgIpc) is 2.66. The Hall–Kier alpha value is -2.61. The zero-order chi connectivity index (χ0) is 18.6. The summed E-state index contributed by atoms with van der Waals surface area (Å²) in [5, 5.41) is 2.96. The van der Waals surface area contributed by atoms with Gasteiger partial charge in [0.05, 0.1) is 18.8 Å². The molecule has 0 atom stereocenters. The quantitative estimate of drug-likeness (QED) is 0.904. The first-order valence-corrected chi connectivity index (χ1v) is 8.16. The molecule has 1 aromatic carbocycles. The lowest BCUT2D eigenvalue weighted by molar-refractivity contribution is -0.137. The molecule has 2 aromatic rings. The van der Waals surface area contributed by atoms with Gasteiger partial charge in [0.25, 0.3) is 5.91 Å². The van der Waals surface area contributed by atoms with Crippen molar-refractivity contribution < 1.29 is 22.7 Å². The smallest absolute Gasteiger partial charge is 0.378 e. The predicted octanol–water partition coefficient (Wildman–Crippen LogP) is 3.18. The van der Waals surface area contributed by atoms with Gasteiger partial charge in [-0.15, -0.1) is 0 Å². The van der Waals surface area contributed by atoms with Crippen molar-refractivity contribution in [2.24, 2.45) is 0 Å². The molecule has 1 fully saturated rings. The van der Waals surface area contributed by atoms with Crippen LogP contribution in [0.5, 0.6) is 0 Å². The number of hydrogen-bond acceptors (Lipinski definition) is 4. The number of ether oxygens (including phenoxy) is 1. The zero-order valence-electron chi connectivity index (χ0n) is 13.9. The van der Waals surface area contributed by atoms with Crippen LogP contribution in [0.25, 0.3) is 0 Å². The number of pyridine rings is 1. The second-order valence-corrected chi connectivity index (χ2v) is 5.88. The second kappa shape index (κ2) is 7.74. The van der Waals surface area contributed by atoms with Gasteiger partial charge >= 0.3 is 6.18 Å². The van der Waals surface area contributed by atoms with Crippen LogP contribution in [0.1, 0.15) is 21.5 Å². The highest BCUT2D eigenvalue weighted by molar-refractivity contribution is 5.94. The van der Waals surface area contributed by atoms with Gasteiger partial charge in [-0.05, 0) is 29.8 Å². The van der Waals surface area contributed by atoms with Crippen LogP contribution in [-0.4, -0.2) is 42.1 Å². The van der Waals surface area contributed by atoms with Crippen molar-refractivity contribution in [2.45, 2.75) is 12.7 Å². The number of nitrogens with zero attached hydrogens (tertiary/aromatic N) is 2. The molecule has 1 aliphatic rings. The SMILES string of the molecule is O=C(c1ccc(CNc2ccc(C(F)(F)F)cn2)cc1)N1CCOCC1. The molecule has 5 nitrogen and oxygen atoms in total. The number of rotatable bonds is 4. The van der Waals surface area contributed by atoms with Crippen molar-refractivity contribution in [3.8, 4) is 0 Å². The fourth-order valence-corrected chi connectivity index (χ4v) is 2.57. The Bertz CT molecular complexity index is 740. The van der Waals surface area contributed by atoms with Crippen LogP contribution in [0.4, 0.5) is 19.0 Å². The number of anilines is 1. The molecule has 138 valence electrons. The molecule has 3 rings (SSSR count). The number of amides is 1. The molecule has 0 radical (unpaired) electrons. The van der Waals surface area contributed by atoms with Crippen molar-refractivity contribution in [3.63, 3.8) is 0 Å². The number of benzene rings is 1. The summed E-state index contributed by atoms with van der Waals surface area (Å²) in [6.45, 7) is 2.66. The number of aromatic nitrogens is 1. The maximum Gasteiger partial charge on any atom is 0.417 e. The second-order valence-electron chi connectivity index (χ2n) is 5.88. The molecule has 1 aromatic heterocycles. The van der Waals surface area contributed by atoms with Gasteiger partial charge in [-0.2, -0.15) is 13.2 Å². The third-order valence-corrected chi connectivity index (χ3v) is 4.06. The fourth-order valence-electron chi connectivity index (χ4n) is 2.57. The van der Waals surface area contributed by atoms with E-state index in [2.05, 4.69) is 10.3 Å². The molecule has 0 spiro atoms. The topological polar surface area (TPSA) is 54.5 Å². The number of carbonyl (C=O) groups excluding carboxylic acids is 1. The lowest BCUT2D eigenvalue weighted by atomic mass is 10.1. The van der Waals surface area contributed by atoms with Gasteiger partial charge in [0.15, 0.2) is 0 Å². The standard InChI is InChI=1S/C18H18F3N3O2/c19-18(20,21)15-5-6-16(23-12-15)22-11-13-1-3-14(4-2-13)17(25)24-7-9-26-10-8-24/h1-6,12H,7-11H2,(H,22,23). The number of hydrogen-bond donors (Lipinski definition) is 1. The Morgan fingerprint density at radius 1 is 1.12 bits per heavy atom. The number of morpholine rings is 1. The molecule has 26 heavy (non-hydrogen) atoms. The third kappa shape index (κ3) is 4.51. The van der Waals surface area contributed by atoms with E-state index < -0.39 is 11.7 Å². The fraction of sp³-hybridized carbons (Fsp3) is 0.333. The van der Waals surface area contributed by atoms with Gasteiger partial charge in [-0.1, -0.05) is 12.1 Å². The first-order valence-electron chi connectivity index (χ1n) is 8.16. The maximum absolute atomic E-state index is 12.5. The molecule has 1 saturated heterocycles. The van der Waals surface area contributed by atoms with Crippen LogP contribution >= 0.6 is 0 Å². The van der Waals surface area contributed by atoms with E-state index in [0.29, 0.717) is 44.2 Å². The highest BCUT2D eigenvalue weighted by Gasteiger charge is 2.30. The van der Waals surface area contributed by atoms with E-state index in [9.17, 15) is 18.0 Å². The molecular formula is C18H18F3N3O2. The van der Waals surface area contributed by atoms with Crippen molar-refractivity contribution in [2.75, 3.05) is 31.6 Å². The summed E-state index contributed by atoms with van der Waals surface area (Å²) >= 11 is 0. The van der Waals surface area contributed by atoms with Crippen molar-refractivity contribution in [1.82, 2.24) is 9.88 Å². The van der Waals surface area contributed by atoms with Crippen LogP contribution < -0.4 is 5.32 Å². The normalized spacial score (nSPS) is 15.0. The molecule has 1 aliphatic heterocycles. The molecule has 1 N–H and O–H groups in total. The minimum Gasteiger partial charge on any atom is -0.378 e. The van der Waals surface area contributed by atoms with Crippen LogP contribution in [-0.2, 0) is 17.5 Å². The highest BCUT2D eigenvalue weighted by atomic mass is 19.4. The van der Waals surface area contributed by atoms with Gasteiger partial charge in [-0.3, -0.25) is 4.79 Å². The van der Waals surface area contributed by atoms with E-state index in [1.165, 1.54) is 6.07 Å². The molecular weight excluding hydrogens is 347 g/mol. The summed E-state index contributed by atoms with van der Waals surface area (Å²) < 4.78 is 42.8. The van der Waals surface area contributed by atoms with E-state index in [0.717, 1.165) is 17.8 Å². The molecule has 0 aliphatic carbocycles. The Balaban J connectivity index is 1.56. The Kier molecular flexibility index (Phi) is 5.41. The van der Waals surface area contributed by atoms with Crippen LogP contribution in [0.3, 0.4) is 0 Å². The molecule has 2 heterocycles. The van der Waals surface area contributed by atoms with E-state index >= 15 is 0 Å². The molecule has 8 heteroatoms. The van der Waals surface area contributed by atoms with E-state index in [4.69, 9.17) is 4.74 Å². The van der Waals surface area contributed by atoms with Gasteiger partial charge in [-0.25, -0.2) is 4.98 Å². The highest BCUT2D eigenvalue weighted by Crippen LogP contribution is 2.28. The molecule has 0 unspecified atom stereocenters. The number of nitrogens with one attached hydrogen (secondary N) is 1.